The summed E-state index contributed by atoms with van der Waals surface area (Å²) in [5, 5.41) is 0. The number of nitrogens with zero attached hydrogens (tertiary/aromatic N) is 1. The molecule has 0 spiro atoms. The number of hydrogen-bond donors (Lipinski definition) is 0. The van der Waals surface area contributed by atoms with Crippen LogP contribution in [0.15, 0.2) is 30.3 Å². The van der Waals surface area contributed by atoms with Gasteiger partial charge in [-0.25, -0.2) is 9.59 Å². The van der Waals surface area contributed by atoms with Crippen LogP contribution in [0.5, 0.6) is 0 Å². The van der Waals surface area contributed by atoms with E-state index in [1.165, 1.54) is 12.0 Å². The largest absolute Gasteiger partial charge is 0.467 e. The van der Waals surface area contributed by atoms with Crippen LogP contribution in [0.4, 0.5) is 4.79 Å². The molecule has 1 aliphatic rings. The van der Waals surface area contributed by atoms with Crippen LogP contribution in [0, 0.1) is 0 Å². The van der Waals surface area contributed by atoms with Crippen LogP contribution in [0.25, 0.3) is 0 Å². The number of rotatable bonds is 2. The first-order valence-corrected chi connectivity index (χ1v) is 7.44. The highest BCUT2D eigenvalue weighted by molar-refractivity contribution is 5.82. The van der Waals surface area contributed by atoms with Gasteiger partial charge in [0.1, 0.15) is 11.6 Å². The van der Waals surface area contributed by atoms with Gasteiger partial charge in [-0.2, -0.15) is 0 Å². The predicted octanol–water partition coefficient (Wildman–Crippen LogP) is 2.95. The number of hydrogen-bond acceptors (Lipinski definition) is 4. The first kappa shape index (κ1) is 16.3. The van der Waals surface area contributed by atoms with Gasteiger partial charge in [0.15, 0.2) is 0 Å². The molecule has 5 nitrogen and oxygen atoms in total. The maximum atomic E-state index is 12.4. The van der Waals surface area contributed by atoms with E-state index >= 15 is 0 Å². The van der Waals surface area contributed by atoms with Crippen LogP contribution in [0.3, 0.4) is 0 Å². The fraction of sp³-hybridized carbons (Fsp3) is 0.529. The Morgan fingerprint density at radius 3 is 2.36 bits per heavy atom. The van der Waals surface area contributed by atoms with E-state index in [1.807, 2.05) is 51.1 Å². The standard InChI is InChI=1S/C17H23NO4/c1-17(2,3)22-16(20)18-11-13(10-14(18)15(19)21-4)12-8-6-5-7-9-12/h5-9,13-14H,10-11H2,1-4H3/t13-,14-/m1/s1. The van der Waals surface area contributed by atoms with Crippen LogP contribution in [-0.4, -0.2) is 42.3 Å². The van der Waals surface area contributed by atoms with Crippen molar-refractivity contribution in [2.75, 3.05) is 13.7 Å². The minimum absolute atomic E-state index is 0.109. The molecule has 120 valence electrons. The summed E-state index contributed by atoms with van der Waals surface area (Å²) in [6.07, 6.45) is 0.0805. The lowest BCUT2D eigenvalue weighted by atomic mass is 9.96. The molecular weight excluding hydrogens is 282 g/mol. The number of amides is 1. The minimum Gasteiger partial charge on any atom is -0.467 e. The van der Waals surface area contributed by atoms with E-state index in [-0.39, 0.29) is 5.92 Å². The SMILES string of the molecule is COC(=O)[C@H]1C[C@@H](c2ccccc2)CN1C(=O)OC(C)(C)C. The zero-order valence-electron chi connectivity index (χ0n) is 13.5. The average Bonchev–Trinajstić information content (AvgIpc) is 2.91. The van der Waals surface area contributed by atoms with Gasteiger partial charge in [-0.1, -0.05) is 30.3 Å². The molecule has 0 bridgehead atoms. The summed E-state index contributed by atoms with van der Waals surface area (Å²) in [6.45, 7) is 5.88. The number of carbonyl (C=O) groups is 2. The fourth-order valence-corrected chi connectivity index (χ4v) is 2.68. The Labute approximate surface area is 131 Å². The van der Waals surface area contributed by atoms with E-state index < -0.39 is 23.7 Å². The van der Waals surface area contributed by atoms with Crippen molar-refractivity contribution in [3.05, 3.63) is 35.9 Å². The van der Waals surface area contributed by atoms with E-state index in [9.17, 15) is 9.59 Å². The molecule has 2 atom stereocenters. The lowest BCUT2D eigenvalue weighted by Gasteiger charge is -2.27. The minimum atomic E-state index is -0.595. The molecule has 5 heteroatoms. The average molecular weight is 305 g/mol. The van der Waals surface area contributed by atoms with Crippen molar-refractivity contribution in [2.24, 2.45) is 0 Å². The predicted molar refractivity (Wildman–Crippen MR) is 82.5 cm³/mol. The maximum absolute atomic E-state index is 12.4. The number of ether oxygens (including phenoxy) is 2. The van der Waals surface area contributed by atoms with Crippen molar-refractivity contribution in [1.29, 1.82) is 0 Å². The lowest BCUT2D eigenvalue weighted by Crippen LogP contribution is -2.43. The number of benzene rings is 1. The third-order valence-corrected chi connectivity index (χ3v) is 3.67. The number of esters is 1. The number of methoxy groups -OCH3 is 1. The third kappa shape index (κ3) is 3.78. The van der Waals surface area contributed by atoms with Gasteiger partial charge < -0.3 is 9.47 Å². The van der Waals surface area contributed by atoms with Crippen LogP contribution in [-0.2, 0) is 14.3 Å². The summed E-state index contributed by atoms with van der Waals surface area (Å²) < 4.78 is 10.3. The zero-order chi connectivity index (χ0) is 16.3. The Kier molecular flexibility index (Phi) is 4.74. The van der Waals surface area contributed by atoms with E-state index in [2.05, 4.69) is 0 Å². The van der Waals surface area contributed by atoms with Crippen molar-refractivity contribution >= 4 is 12.1 Å². The first-order chi connectivity index (χ1) is 10.3. The van der Waals surface area contributed by atoms with Crippen molar-refractivity contribution in [1.82, 2.24) is 4.90 Å². The Balaban J connectivity index is 2.19. The summed E-state index contributed by atoms with van der Waals surface area (Å²) in [5.74, 6) is -0.290. The Morgan fingerprint density at radius 2 is 1.82 bits per heavy atom. The number of likely N-dealkylation sites (tertiary alicyclic amines) is 1. The molecule has 1 saturated heterocycles. The van der Waals surface area contributed by atoms with Crippen molar-refractivity contribution in [2.45, 2.75) is 44.8 Å². The molecule has 1 amide bonds. The monoisotopic (exact) mass is 305 g/mol. The van der Waals surface area contributed by atoms with Crippen LogP contribution >= 0.6 is 0 Å². The van der Waals surface area contributed by atoms with Gasteiger partial charge in [0.2, 0.25) is 0 Å². The smallest absolute Gasteiger partial charge is 0.411 e. The first-order valence-electron chi connectivity index (χ1n) is 7.44. The highest BCUT2D eigenvalue weighted by atomic mass is 16.6. The summed E-state index contributed by atoms with van der Waals surface area (Å²) in [4.78, 5) is 25.8. The van der Waals surface area contributed by atoms with E-state index in [0.29, 0.717) is 13.0 Å². The third-order valence-electron chi connectivity index (χ3n) is 3.67. The second-order valence-electron chi connectivity index (χ2n) is 6.51. The van der Waals surface area contributed by atoms with E-state index in [0.717, 1.165) is 5.56 Å². The van der Waals surface area contributed by atoms with Gasteiger partial charge in [0.25, 0.3) is 0 Å². The number of carbonyl (C=O) groups excluding carboxylic acids is 2. The Bertz CT molecular complexity index is 535. The quantitative estimate of drug-likeness (QED) is 0.788. The van der Waals surface area contributed by atoms with E-state index in [1.54, 1.807) is 0 Å². The molecule has 0 aliphatic carbocycles. The van der Waals surface area contributed by atoms with Gasteiger partial charge in [-0.15, -0.1) is 0 Å². The fourth-order valence-electron chi connectivity index (χ4n) is 2.68. The van der Waals surface area contributed by atoms with Gasteiger partial charge in [-0.05, 0) is 32.8 Å². The summed E-state index contributed by atoms with van der Waals surface area (Å²) in [6, 6.07) is 9.29. The highest BCUT2D eigenvalue weighted by Crippen LogP contribution is 2.33. The molecule has 1 aliphatic heterocycles. The molecule has 1 aromatic rings. The molecular formula is C17H23NO4. The zero-order valence-corrected chi connectivity index (χ0v) is 13.5. The second-order valence-corrected chi connectivity index (χ2v) is 6.51. The summed E-state index contributed by atoms with van der Waals surface area (Å²) >= 11 is 0. The lowest BCUT2D eigenvalue weighted by molar-refractivity contribution is -0.145. The molecule has 0 radical (unpaired) electrons. The van der Waals surface area contributed by atoms with Crippen LogP contribution < -0.4 is 0 Å². The molecule has 0 aromatic heterocycles. The van der Waals surface area contributed by atoms with E-state index in [4.69, 9.17) is 9.47 Å². The van der Waals surface area contributed by atoms with Gasteiger partial charge >= 0.3 is 12.1 Å². The molecule has 2 rings (SSSR count). The molecule has 0 N–H and O–H groups in total. The molecule has 1 fully saturated rings. The normalized spacial score (nSPS) is 21.5. The molecule has 1 heterocycles. The van der Waals surface area contributed by atoms with Gasteiger partial charge in [0.05, 0.1) is 7.11 Å². The molecule has 22 heavy (non-hydrogen) atoms. The topological polar surface area (TPSA) is 55.8 Å². The summed E-state index contributed by atoms with van der Waals surface area (Å²) in [5.41, 5.74) is 0.519. The molecule has 1 aromatic carbocycles. The van der Waals surface area contributed by atoms with Crippen molar-refractivity contribution < 1.29 is 19.1 Å². The van der Waals surface area contributed by atoms with Crippen molar-refractivity contribution in [3.63, 3.8) is 0 Å². The van der Waals surface area contributed by atoms with Crippen LogP contribution in [0.1, 0.15) is 38.7 Å². The second kappa shape index (κ2) is 6.38. The highest BCUT2D eigenvalue weighted by Gasteiger charge is 2.42. The van der Waals surface area contributed by atoms with Gasteiger partial charge in [-0.3, -0.25) is 4.90 Å². The maximum Gasteiger partial charge on any atom is 0.411 e. The molecule has 0 unspecified atom stereocenters. The Morgan fingerprint density at radius 1 is 1.18 bits per heavy atom. The van der Waals surface area contributed by atoms with Crippen LogP contribution in [0.2, 0.25) is 0 Å². The summed E-state index contributed by atoms with van der Waals surface area (Å²) in [7, 11) is 1.34. The Hall–Kier alpha value is -2.04. The van der Waals surface area contributed by atoms with Crippen molar-refractivity contribution in [3.8, 4) is 0 Å². The van der Waals surface area contributed by atoms with Gasteiger partial charge in [0, 0.05) is 12.5 Å². The molecule has 0 saturated carbocycles.